The predicted octanol–water partition coefficient (Wildman–Crippen LogP) is 17.6. The highest BCUT2D eigenvalue weighted by Crippen LogP contribution is 2.45. The van der Waals surface area contributed by atoms with Crippen LogP contribution >= 0.6 is 15.8 Å². The van der Waals surface area contributed by atoms with Gasteiger partial charge in [-0.05, 0) is 87.0 Å². The lowest BCUT2D eigenvalue weighted by molar-refractivity contribution is -0.894. The summed E-state index contributed by atoms with van der Waals surface area (Å²) in [7, 11) is 0. The van der Waals surface area contributed by atoms with Crippen molar-refractivity contribution in [1.82, 2.24) is 0 Å². The highest BCUT2D eigenvalue weighted by atomic mass is 79.9. The summed E-state index contributed by atoms with van der Waals surface area (Å²) in [5, 5.41) is 0. The Kier molecular flexibility index (Phi) is 18.6. The summed E-state index contributed by atoms with van der Waals surface area (Å²) in [6.07, 6.45) is -49.5. The first-order valence-electron chi connectivity index (χ1n) is 25.7. The minimum Gasteiger partial charge on any atom is -0.371 e. The third-order valence-corrected chi connectivity index (χ3v) is 16.4. The van der Waals surface area contributed by atoms with E-state index in [1.54, 1.807) is 0 Å². The first kappa shape index (κ1) is 67.7. The van der Waals surface area contributed by atoms with Gasteiger partial charge in [-0.25, -0.2) is 0 Å². The molecule has 1 saturated heterocycles. The molecule has 0 bridgehead atoms. The lowest BCUT2D eigenvalue weighted by atomic mass is 9.12. The first-order chi connectivity index (χ1) is 39.1. The maximum Gasteiger partial charge on any atom is 0.654 e. The Balaban J connectivity index is 0.000000302. The van der Waals surface area contributed by atoms with Crippen LogP contribution in [0.15, 0.2) is 109 Å². The van der Waals surface area contributed by atoms with Crippen LogP contribution in [0.1, 0.15) is 104 Å². The summed E-state index contributed by atoms with van der Waals surface area (Å²) >= 11 is 4.01. The second-order valence-corrected chi connectivity index (χ2v) is 22.7. The van der Waals surface area contributed by atoms with E-state index in [0.717, 1.165) is 24.1 Å². The number of fused-ring (bicyclic) bond motifs is 1. The van der Waals surface area contributed by atoms with E-state index < -0.39 is 195 Å². The highest BCUT2D eigenvalue weighted by Gasteiger charge is 2.56. The second-order valence-electron chi connectivity index (χ2n) is 21.9. The van der Waals surface area contributed by atoms with Gasteiger partial charge in [0.25, 0.3) is 0 Å². The maximum absolute atomic E-state index is 14.2. The van der Waals surface area contributed by atoms with E-state index in [1.807, 2.05) is 0 Å². The summed E-state index contributed by atoms with van der Waals surface area (Å²) in [4.78, 5) is 0. The Morgan fingerprint density at radius 1 is 0.372 bits per heavy atom. The molecule has 86 heavy (non-hydrogen) atoms. The molecule has 2 aliphatic rings. The molecule has 0 aromatic heterocycles. The van der Waals surface area contributed by atoms with Gasteiger partial charge in [0.2, 0.25) is 0 Å². The lowest BCUT2D eigenvalue weighted by Gasteiger charge is -2.54. The number of aryl methyl sites for hydroxylation is 4. The molecule has 6 aromatic carbocycles. The number of hydrogen-bond donors (Lipinski definition) is 0. The number of quaternary nitrogens is 1. The van der Waals surface area contributed by atoms with Gasteiger partial charge in [-0.1, -0.05) is 114 Å². The fourth-order valence-corrected chi connectivity index (χ4v) is 12.8. The number of hydrogen-bond acceptors (Lipinski definition) is 1. The molecule has 0 spiro atoms. The molecule has 2 fully saturated rings. The standard InChI is InChI=1S/C32H12BF24.C25H34BBrNO/c34-25(35,36)13-1-14(26(37,38)39)6-21(5-13)33(22-7-15(27(40,41)42)2-16(8-22)28(43,44)45,23-9-17(29(46,47)48)3-18(10-23)30(49,50)51)24-11-19(31(52,53)54)4-20(12-24)32(55,56)57;1-18-9-19(2)12-22(11-18)15-28(16-23-13-20(3)10-21(4)14-23)25-8-6-5-7-24(25)17-29-26(28)27/h1-12H;9-14,24-25H,5-8,15-17H2,1-4H3/q-1;+1/t;24-,25+/m.0/s1. The molecule has 1 aliphatic carbocycles. The molecule has 0 unspecified atom stereocenters. The number of halogens is 25. The van der Waals surface area contributed by atoms with Crippen LogP contribution in [0.5, 0.6) is 0 Å². The molecule has 1 heterocycles. The van der Waals surface area contributed by atoms with Crippen molar-refractivity contribution in [1.29, 1.82) is 0 Å². The van der Waals surface area contributed by atoms with Gasteiger partial charge in [0.1, 0.15) is 6.15 Å². The Morgan fingerprint density at radius 3 is 0.837 bits per heavy atom. The molecule has 1 saturated carbocycles. The zero-order valence-electron chi connectivity index (χ0n) is 45.0. The van der Waals surface area contributed by atoms with Crippen LogP contribution in [0.3, 0.4) is 0 Å². The van der Waals surface area contributed by atoms with E-state index in [9.17, 15) is 105 Å². The molecular weight excluding hydrogens is 1270 g/mol. The van der Waals surface area contributed by atoms with E-state index in [2.05, 4.69) is 79.9 Å². The minimum absolute atomic E-state index is 0.0449. The lowest BCUT2D eigenvalue weighted by Crippen LogP contribution is -2.75. The fourth-order valence-electron chi connectivity index (χ4n) is 12.1. The average Bonchev–Trinajstić information content (AvgIpc) is 0.723. The third kappa shape index (κ3) is 15.0. The molecule has 6 aromatic rings. The quantitative estimate of drug-likeness (QED) is 0.109. The summed E-state index contributed by atoms with van der Waals surface area (Å²) in [5.74, 6) is 0.720. The third-order valence-electron chi connectivity index (χ3n) is 15.3. The molecule has 0 amide bonds. The number of benzene rings is 6. The molecule has 0 N–H and O–H groups in total. The SMILES string of the molecule is Cc1cc(C)cc(C[N+]2(Cc3cc(C)cc(C)c3)B(Br)OC[C@@H]3CCCC[C@H]32)c1.FC(F)(F)c1cc([B-](c2cc(C(F)(F)F)cc(C(F)(F)F)c2)(c2cc(C(F)(F)F)cc(C(F)(F)F)c2)c2cc(C(F)(F)F)cc(C(F)(F)F)c2)cc(C(F)(F)F)c1. The Hall–Kier alpha value is -5.83. The van der Waals surface area contributed by atoms with E-state index in [1.165, 1.54) is 59.1 Å². The highest BCUT2D eigenvalue weighted by molar-refractivity contribution is 9.24. The normalized spacial score (nSPS) is 17.5. The molecule has 2 atom stereocenters. The van der Waals surface area contributed by atoms with Gasteiger partial charge >= 0.3 is 55.3 Å². The molecule has 29 heteroatoms. The summed E-state index contributed by atoms with van der Waals surface area (Å²) in [6.45, 7) is 11.8. The van der Waals surface area contributed by atoms with Crippen molar-refractivity contribution in [2.24, 2.45) is 5.92 Å². The fraction of sp³-hybridized carbons (Fsp3) is 0.368. The average molecular weight is 1320 g/mol. The van der Waals surface area contributed by atoms with Gasteiger partial charge in [0, 0.05) is 23.7 Å². The molecular formula is C57H46B2BrF24NO. The zero-order valence-corrected chi connectivity index (χ0v) is 46.5. The minimum atomic E-state index is -6.13. The van der Waals surface area contributed by atoms with Crippen LogP contribution in [0.4, 0.5) is 105 Å². The summed E-state index contributed by atoms with van der Waals surface area (Å²) < 4.78 is 348. The van der Waals surface area contributed by atoms with Crippen molar-refractivity contribution in [3.63, 3.8) is 0 Å². The number of alkyl halides is 24. The van der Waals surface area contributed by atoms with Gasteiger partial charge in [-0.3, -0.25) is 0 Å². The van der Waals surface area contributed by atoms with E-state index in [-0.39, 0.29) is 5.87 Å². The molecule has 2 nitrogen and oxygen atoms in total. The van der Waals surface area contributed by atoms with Crippen molar-refractivity contribution in [3.05, 3.63) is 187 Å². The number of rotatable bonds is 8. The van der Waals surface area contributed by atoms with Gasteiger partial charge in [-0.15, -0.1) is 0 Å². The second kappa shape index (κ2) is 23.6. The van der Waals surface area contributed by atoms with Crippen LogP contribution in [0.25, 0.3) is 0 Å². The molecule has 1 aliphatic heterocycles. The van der Waals surface area contributed by atoms with Crippen molar-refractivity contribution >= 4 is 49.6 Å². The van der Waals surface area contributed by atoms with Gasteiger partial charge in [-0.2, -0.15) is 127 Å². The van der Waals surface area contributed by atoms with Crippen molar-refractivity contribution in [2.45, 2.75) is 122 Å². The van der Waals surface area contributed by atoms with E-state index in [4.69, 9.17) is 4.65 Å². The van der Waals surface area contributed by atoms with Gasteiger partial charge in [0.05, 0.1) is 63.6 Å². The van der Waals surface area contributed by atoms with Crippen molar-refractivity contribution < 1.29 is 114 Å². The molecule has 8 rings (SSSR count). The summed E-state index contributed by atoms with van der Waals surface area (Å²) in [6, 6.07) is 5.90. The van der Waals surface area contributed by atoms with Crippen LogP contribution in [-0.4, -0.2) is 29.1 Å². The van der Waals surface area contributed by atoms with E-state index in [0.29, 0.717) is 12.0 Å². The number of nitrogens with zero attached hydrogens (tertiary/aromatic N) is 1. The largest absolute Gasteiger partial charge is 0.654 e. The van der Waals surface area contributed by atoms with Crippen molar-refractivity contribution in [2.75, 3.05) is 6.61 Å². The zero-order chi connectivity index (χ0) is 64.5. The maximum atomic E-state index is 14.2. The smallest absolute Gasteiger partial charge is 0.371 e. The predicted molar refractivity (Wildman–Crippen MR) is 276 cm³/mol. The Morgan fingerprint density at radius 2 is 0.605 bits per heavy atom. The Bertz CT molecular complexity index is 2920. The molecule has 0 radical (unpaired) electrons. The summed E-state index contributed by atoms with van der Waals surface area (Å²) in [5.41, 5.74) is -21.9. The topological polar surface area (TPSA) is 9.23 Å². The monoisotopic (exact) mass is 1320 g/mol. The first-order valence-corrected chi connectivity index (χ1v) is 26.7. The van der Waals surface area contributed by atoms with Crippen LogP contribution in [0.2, 0.25) is 0 Å². The van der Waals surface area contributed by atoms with Crippen molar-refractivity contribution in [3.8, 4) is 0 Å². The van der Waals surface area contributed by atoms with Crippen LogP contribution < -0.4 is 21.9 Å². The van der Waals surface area contributed by atoms with Crippen LogP contribution in [-0.2, 0) is 67.2 Å². The molecule has 466 valence electrons. The van der Waals surface area contributed by atoms with E-state index >= 15 is 0 Å². The van der Waals surface area contributed by atoms with Gasteiger partial charge in [0.15, 0.2) is 0 Å². The van der Waals surface area contributed by atoms with Crippen LogP contribution in [0, 0.1) is 33.6 Å². The van der Waals surface area contributed by atoms with Gasteiger partial charge < -0.3 is 9.05 Å². The Labute approximate surface area is 484 Å².